The summed E-state index contributed by atoms with van der Waals surface area (Å²) in [5.74, 6) is 1.11. The van der Waals surface area contributed by atoms with Gasteiger partial charge in [0.25, 0.3) is 5.91 Å². The normalized spacial score (nSPS) is 10.2. The Morgan fingerprint density at radius 2 is 2.04 bits per heavy atom. The van der Waals surface area contributed by atoms with Crippen LogP contribution in [0.2, 0.25) is 0 Å². The van der Waals surface area contributed by atoms with Crippen molar-refractivity contribution in [3.8, 4) is 11.5 Å². The molecule has 0 saturated heterocycles. The Balaban J connectivity index is 2.03. The summed E-state index contributed by atoms with van der Waals surface area (Å²) >= 11 is 3.42. The number of hydrogen-bond donors (Lipinski definition) is 1. The molecule has 0 heterocycles. The molecule has 2 rings (SSSR count). The molecule has 0 unspecified atom stereocenters. The van der Waals surface area contributed by atoms with Crippen molar-refractivity contribution in [3.63, 3.8) is 0 Å². The standard InChI is InChI=1S/C19H20BrNO4/c1-3-9-24-16-6-4-5-15(13-16)21-19(22)14-7-8-18(17(20)12-14)25-11-10-23-2/h3-8,12-13H,1,9-11H2,2H3,(H,21,22). The van der Waals surface area contributed by atoms with Gasteiger partial charge in [0.2, 0.25) is 0 Å². The molecule has 25 heavy (non-hydrogen) atoms. The van der Waals surface area contributed by atoms with Gasteiger partial charge in [0.05, 0.1) is 11.1 Å². The van der Waals surface area contributed by atoms with Gasteiger partial charge in [-0.25, -0.2) is 0 Å². The zero-order chi connectivity index (χ0) is 18.1. The molecule has 2 aromatic carbocycles. The van der Waals surface area contributed by atoms with Gasteiger partial charge in [0, 0.05) is 24.4 Å². The number of hydrogen-bond acceptors (Lipinski definition) is 4. The van der Waals surface area contributed by atoms with Gasteiger partial charge in [-0.2, -0.15) is 0 Å². The van der Waals surface area contributed by atoms with Crippen LogP contribution in [-0.2, 0) is 4.74 Å². The maximum Gasteiger partial charge on any atom is 0.255 e. The van der Waals surface area contributed by atoms with E-state index in [9.17, 15) is 4.79 Å². The molecule has 1 amide bonds. The van der Waals surface area contributed by atoms with Gasteiger partial charge in [0.1, 0.15) is 24.7 Å². The van der Waals surface area contributed by atoms with Crippen LogP contribution >= 0.6 is 15.9 Å². The number of amides is 1. The minimum absolute atomic E-state index is 0.218. The van der Waals surface area contributed by atoms with E-state index in [2.05, 4.69) is 27.8 Å². The van der Waals surface area contributed by atoms with Crippen molar-refractivity contribution >= 4 is 27.5 Å². The van der Waals surface area contributed by atoms with Gasteiger partial charge in [-0.3, -0.25) is 4.79 Å². The Morgan fingerprint density at radius 3 is 2.76 bits per heavy atom. The van der Waals surface area contributed by atoms with Crippen molar-refractivity contribution in [2.24, 2.45) is 0 Å². The third kappa shape index (κ3) is 5.92. The van der Waals surface area contributed by atoms with Gasteiger partial charge in [0.15, 0.2) is 0 Å². The molecule has 0 saturated carbocycles. The average molecular weight is 406 g/mol. The van der Waals surface area contributed by atoms with Crippen molar-refractivity contribution < 1.29 is 19.0 Å². The van der Waals surface area contributed by atoms with Gasteiger partial charge in [-0.05, 0) is 46.3 Å². The Morgan fingerprint density at radius 1 is 1.20 bits per heavy atom. The lowest BCUT2D eigenvalue weighted by molar-refractivity contribution is 0.102. The molecular formula is C19H20BrNO4. The molecule has 2 aromatic rings. The molecule has 6 heteroatoms. The average Bonchev–Trinajstić information content (AvgIpc) is 2.61. The summed E-state index contributed by atoms with van der Waals surface area (Å²) in [5, 5.41) is 2.85. The number of carbonyl (C=O) groups is 1. The van der Waals surface area contributed by atoms with E-state index < -0.39 is 0 Å². The smallest absolute Gasteiger partial charge is 0.255 e. The van der Waals surface area contributed by atoms with Gasteiger partial charge in [-0.1, -0.05) is 18.7 Å². The summed E-state index contributed by atoms with van der Waals surface area (Å²) in [4.78, 5) is 12.4. The lowest BCUT2D eigenvalue weighted by Gasteiger charge is -2.11. The summed E-state index contributed by atoms with van der Waals surface area (Å²) in [6, 6.07) is 12.4. The number of halogens is 1. The third-order valence-corrected chi connectivity index (χ3v) is 3.82. The van der Waals surface area contributed by atoms with Crippen molar-refractivity contribution in [2.45, 2.75) is 0 Å². The molecular weight excluding hydrogens is 386 g/mol. The van der Waals surface area contributed by atoms with Crippen LogP contribution in [0.25, 0.3) is 0 Å². The fourth-order valence-corrected chi connectivity index (χ4v) is 2.51. The van der Waals surface area contributed by atoms with Crippen molar-refractivity contribution in [1.82, 2.24) is 0 Å². The first-order chi connectivity index (χ1) is 12.1. The number of benzene rings is 2. The van der Waals surface area contributed by atoms with E-state index in [1.165, 1.54) is 0 Å². The molecule has 1 N–H and O–H groups in total. The number of nitrogens with one attached hydrogen (secondary N) is 1. The van der Waals surface area contributed by atoms with Crippen LogP contribution in [0, 0.1) is 0 Å². The Kier molecular flexibility index (Phi) is 7.50. The number of anilines is 1. The highest BCUT2D eigenvalue weighted by molar-refractivity contribution is 9.10. The highest BCUT2D eigenvalue weighted by Crippen LogP contribution is 2.26. The monoisotopic (exact) mass is 405 g/mol. The van der Waals surface area contributed by atoms with E-state index in [1.807, 2.05) is 12.1 Å². The number of ether oxygens (including phenoxy) is 3. The second kappa shape index (κ2) is 9.86. The van der Waals surface area contributed by atoms with E-state index in [-0.39, 0.29) is 5.91 Å². The van der Waals surface area contributed by atoms with Crippen molar-refractivity contribution in [1.29, 1.82) is 0 Å². The predicted molar refractivity (Wildman–Crippen MR) is 102 cm³/mol. The van der Waals surface area contributed by atoms with Gasteiger partial charge < -0.3 is 19.5 Å². The molecule has 5 nitrogen and oxygen atoms in total. The summed E-state index contributed by atoms with van der Waals surface area (Å²) in [7, 11) is 1.61. The molecule has 0 bridgehead atoms. The number of rotatable bonds is 9. The van der Waals surface area contributed by atoms with Crippen LogP contribution in [0.15, 0.2) is 59.6 Å². The molecule has 0 aromatic heterocycles. The summed E-state index contributed by atoms with van der Waals surface area (Å²) in [6.07, 6.45) is 1.67. The minimum atomic E-state index is -0.218. The van der Waals surface area contributed by atoms with E-state index in [0.717, 1.165) is 0 Å². The van der Waals surface area contributed by atoms with Crippen LogP contribution in [0.5, 0.6) is 11.5 Å². The summed E-state index contributed by atoms with van der Waals surface area (Å²) in [6.45, 7) is 4.96. The zero-order valence-electron chi connectivity index (χ0n) is 14.0. The van der Waals surface area contributed by atoms with E-state index >= 15 is 0 Å². The maximum atomic E-state index is 12.4. The number of methoxy groups -OCH3 is 1. The first-order valence-electron chi connectivity index (χ1n) is 7.70. The van der Waals surface area contributed by atoms with E-state index in [0.29, 0.717) is 47.0 Å². The molecule has 0 aliphatic heterocycles. The lowest BCUT2D eigenvalue weighted by atomic mass is 10.2. The highest BCUT2D eigenvalue weighted by atomic mass is 79.9. The van der Waals surface area contributed by atoms with Crippen molar-refractivity contribution in [3.05, 3.63) is 65.2 Å². The van der Waals surface area contributed by atoms with Crippen LogP contribution in [0.1, 0.15) is 10.4 Å². The zero-order valence-corrected chi connectivity index (χ0v) is 15.5. The Hall–Kier alpha value is -2.31. The van der Waals surface area contributed by atoms with Crippen molar-refractivity contribution in [2.75, 3.05) is 32.2 Å². The van der Waals surface area contributed by atoms with Gasteiger partial charge in [-0.15, -0.1) is 0 Å². The van der Waals surface area contributed by atoms with Crippen LogP contribution < -0.4 is 14.8 Å². The van der Waals surface area contributed by atoms with E-state index in [1.54, 1.807) is 43.5 Å². The van der Waals surface area contributed by atoms with Crippen LogP contribution in [-0.4, -0.2) is 32.8 Å². The quantitative estimate of drug-likeness (QED) is 0.499. The lowest BCUT2D eigenvalue weighted by Crippen LogP contribution is -2.12. The predicted octanol–water partition coefficient (Wildman–Crippen LogP) is 4.29. The summed E-state index contributed by atoms with van der Waals surface area (Å²) in [5.41, 5.74) is 1.17. The molecule has 0 aliphatic rings. The first-order valence-corrected chi connectivity index (χ1v) is 8.49. The SMILES string of the molecule is C=CCOc1cccc(NC(=O)c2ccc(OCCOC)c(Br)c2)c1. The number of carbonyl (C=O) groups excluding carboxylic acids is 1. The summed E-state index contributed by atoms with van der Waals surface area (Å²) < 4.78 is 16.7. The Labute approximate surface area is 155 Å². The Bertz CT molecular complexity index is 733. The second-order valence-corrected chi connectivity index (χ2v) is 5.92. The molecule has 0 atom stereocenters. The fourth-order valence-electron chi connectivity index (χ4n) is 2.02. The molecule has 0 fully saturated rings. The molecule has 0 spiro atoms. The molecule has 0 aliphatic carbocycles. The topological polar surface area (TPSA) is 56.8 Å². The third-order valence-electron chi connectivity index (χ3n) is 3.20. The molecule has 0 radical (unpaired) electrons. The van der Waals surface area contributed by atoms with Crippen LogP contribution in [0.4, 0.5) is 5.69 Å². The maximum absolute atomic E-state index is 12.4. The largest absolute Gasteiger partial charge is 0.490 e. The van der Waals surface area contributed by atoms with Gasteiger partial charge >= 0.3 is 0 Å². The first kappa shape index (κ1) is 19.0. The van der Waals surface area contributed by atoms with E-state index in [4.69, 9.17) is 14.2 Å². The molecule has 132 valence electrons. The van der Waals surface area contributed by atoms with Crippen LogP contribution in [0.3, 0.4) is 0 Å². The second-order valence-electron chi connectivity index (χ2n) is 5.07. The fraction of sp³-hybridized carbons (Fsp3) is 0.211. The highest BCUT2D eigenvalue weighted by Gasteiger charge is 2.10. The minimum Gasteiger partial charge on any atom is -0.490 e.